The third-order valence-corrected chi connectivity index (χ3v) is 3.22. The molecule has 0 N–H and O–H groups in total. The zero-order chi connectivity index (χ0) is 16.8. The Bertz CT molecular complexity index is 740. The molecule has 1 aliphatic heterocycles. The second-order valence-electron chi connectivity index (χ2n) is 4.92. The molecule has 5 nitrogen and oxygen atoms in total. The first-order valence-corrected chi connectivity index (χ1v) is 7.33. The molecule has 2 aromatic carbocycles. The lowest BCUT2D eigenvalue weighted by Gasteiger charge is -2.06. The van der Waals surface area contributed by atoms with Gasteiger partial charge in [-0.25, -0.2) is 9.18 Å². The van der Waals surface area contributed by atoms with Gasteiger partial charge in [-0.2, -0.15) is 0 Å². The second-order valence-corrected chi connectivity index (χ2v) is 4.92. The van der Waals surface area contributed by atoms with E-state index in [0.29, 0.717) is 17.2 Å². The van der Waals surface area contributed by atoms with Gasteiger partial charge in [-0.15, -0.1) is 0 Å². The van der Waals surface area contributed by atoms with E-state index in [1.54, 1.807) is 18.2 Å². The summed E-state index contributed by atoms with van der Waals surface area (Å²) < 4.78 is 33.6. The van der Waals surface area contributed by atoms with Gasteiger partial charge in [0.1, 0.15) is 24.8 Å². The predicted octanol–water partition coefficient (Wildman–Crippen LogP) is 3.19. The van der Waals surface area contributed by atoms with Crippen LogP contribution in [0.25, 0.3) is 6.08 Å². The Kier molecular flexibility index (Phi) is 4.96. The first-order chi connectivity index (χ1) is 11.7. The van der Waals surface area contributed by atoms with Crippen molar-refractivity contribution in [3.63, 3.8) is 0 Å². The number of halogens is 1. The van der Waals surface area contributed by atoms with Crippen LogP contribution in [0.4, 0.5) is 4.39 Å². The number of esters is 1. The first kappa shape index (κ1) is 15.9. The minimum absolute atomic E-state index is 0.0989. The highest BCUT2D eigenvalue weighted by Gasteiger charge is 2.12. The maximum Gasteiger partial charge on any atom is 0.330 e. The van der Waals surface area contributed by atoms with Crippen molar-refractivity contribution in [3.8, 4) is 17.2 Å². The molecule has 0 fully saturated rings. The van der Waals surface area contributed by atoms with Crippen LogP contribution in [0.2, 0.25) is 0 Å². The molecule has 124 valence electrons. The summed E-state index contributed by atoms with van der Waals surface area (Å²) >= 11 is 0. The van der Waals surface area contributed by atoms with Crippen molar-refractivity contribution in [1.82, 2.24) is 0 Å². The van der Waals surface area contributed by atoms with Crippen molar-refractivity contribution in [2.75, 3.05) is 20.0 Å². The van der Waals surface area contributed by atoms with Gasteiger partial charge in [-0.05, 0) is 48.0 Å². The van der Waals surface area contributed by atoms with Crippen LogP contribution in [0.3, 0.4) is 0 Å². The quantitative estimate of drug-likeness (QED) is 0.462. The number of fused-ring (bicyclic) bond motifs is 1. The van der Waals surface area contributed by atoms with E-state index < -0.39 is 5.97 Å². The first-order valence-electron chi connectivity index (χ1n) is 7.33. The van der Waals surface area contributed by atoms with Crippen LogP contribution in [-0.2, 0) is 9.53 Å². The van der Waals surface area contributed by atoms with Gasteiger partial charge in [0.25, 0.3) is 0 Å². The molecule has 0 aromatic heterocycles. The molecule has 1 aliphatic rings. The van der Waals surface area contributed by atoms with Crippen molar-refractivity contribution in [1.29, 1.82) is 0 Å². The van der Waals surface area contributed by atoms with Gasteiger partial charge in [0.05, 0.1) is 0 Å². The molecule has 0 amide bonds. The molecule has 0 aliphatic carbocycles. The molecule has 0 bridgehead atoms. The van der Waals surface area contributed by atoms with E-state index in [1.165, 1.54) is 30.3 Å². The van der Waals surface area contributed by atoms with Crippen LogP contribution in [0.1, 0.15) is 5.56 Å². The molecule has 0 radical (unpaired) electrons. The summed E-state index contributed by atoms with van der Waals surface area (Å²) in [6.07, 6.45) is 2.96. The monoisotopic (exact) mass is 330 g/mol. The Hall–Kier alpha value is -3.02. The number of hydrogen-bond donors (Lipinski definition) is 0. The summed E-state index contributed by atoms with van der Waals surface area (Å²) in [5, 5.41) is 0. The highest BCUT2D eigenvalue weighted by atomic mass is 19.1. The Balaban J connectivity index is 1.41. The Morgan fingerprint density at radius 3 is 2.71 bits per heavy atom. The molecule has 0 saturated carbocycles. The Morgan fingerprint density at radius 2 is 1.88 bits per heavy atom. The largest absolute Gasteiger partial charge is 0.490 e. The van der Waals surface area contributed by atoms with E-state index in [2.05, 4.69) is 0 Å². The van der Waals surface area contributed by atoms with Gasteiger partial charge >= 0.3 is 5.97 Å². The fraction of sp³-hybridized carbons (Fsp3) is 0.167. The zero-order valence-corrected chi connectivity index (χ0v) is 12.7. The van der Waals surface area contributed by atoms with Gasteiger partial charge in [0.15, 0.2) is 11.5 Å². The molecule has 0 saturated heterocycles. The van der Waals surface area contributed by atoms with Gasteiger partial charge < -0.3 is 18.9 Å². The topological polar surface area (TPSA) is 54.0 Å². The summed E-state index contributed by atoms with van der Waals surface area (Å²) in [7, 11) is 0. The van der Waals surface area contributed by atoms with E-state index in [-0.39, 0.29) is 25.8 Å². The lowest BCUT2D eigenvalue weighted by molar-refractivity contribution is -0.138. The van der Waals surface area contributed by atoms with Gasteiger partial charge in [0.2, 0.25) is 6.79 Å². The van der Waals surface area contributed by atoms with Crippen molar-refractivity contribution in [2.24, 2.45) is 0 Å². The normalized spacial score (nSPS) is 12.4. The SMILES string of the molecule is O=C(/C=C/c1ccc2c(c1)OCO2)OCCOc1ccc(F)cc1. The zero-order valence-electron chi connectivity index (χ0n) is 12.7. The minimum Gasteiger partial charge on any atom is -0.490 e. The van der Waals surface area contributed by atoms with Crippen molar-refractivity contribution >= 4 is 12.0 Å². The molecule has 24 heavy (non-hydrogen) atoms. The molecule has 1 heterocycles. The third-order valence-electron chi connectivity index (χ3n) is 3.22. The van der Waals surface area contributed by atoms with Crippen molar-refractivity contribution in [2.45, 2.75) is 0 Å². The summed E-state index contributed by atoms with van der Waals surface area (Å²) in [5.41, 5.74) is 0.804. The Labute approximate surface area is 138 Å². The summed E-state index contributed by atoms with van der Waals surface area (Å²) in [6.45, 7) is 0.496. The number of benzene rings is 2. The van der Waals surface area contributed by atoms with E-state index in [4.69, 9.17) is 18.9 Å². The van der Waals surface area contributed by atoms with Crippen LogP contribution < -0.4 is 14.2 Å². The summed E-state index contributed by atoms with van der Waals surface area (Å²) in [6, 6.07) is 11.0. The van der Waals surface area contributed by atoms with Gasteiger partial charge in [-0.3, -0.25) is 0 Å². The number of hydrogen-bond acceptors (Lipinski definition) is 5. The van der Waals surface area contributed by atoms with E-state index in [9.17, 15) is 9.18 Å². The molecule has 0 spiro atoms. The molecule has 0 atom stereocenters. The van der Waals surface area contributed by atoms with Gasteiger partial charge in [-0.1, -0.05) is 6.07 Å². The van der Waals surface area contributed by atoms with Gasteiger partial charge in [0, 0.05) is 6.08 Å². The average Bonchev–Trinajstić information content (AvgIpc) is 3.06. The lowest BCUT2D eigenvalue weighted by atomic mass is 10.2. The number of carbonyl (C=O) groups excluding carboxylic acids is 1. The smallest absolute Gasteiger partial charge is 0.330 e. The molecule has 3 rings (SSSR count). The molecule has 2 aromatic rings. The minimum atomic E-state index is -0.477. The number of carbonyl (C=O) groups is 1. The number of rotatable bonds is 6. The second kappa shape index (κ2) is 7.50. The highest BCUT2D eigenvalue weighted by molar-refractivity contribution is 5.87. The standard InChI is InChI=1S/C18H15FO5/c19-14-3-5-15(6-4-14)21-9-10-22-18(20)8-2-13-1-7-16-17(11-13)24-12-23-16/h1-8,11H,9-10,12H2/b8-2+. The summed E-state index contributed by atoms with van der Waals surface area (Å²) in [5.74, 6) is 1.05. The number of ether oxygens (including phenoxy) is 4. The maximum absolute atomic E-state index is 12.7. The van der Waals surface area contributed by atoms with Crippen LogP contribution in [0.5, 0.6) is 17.2 Å². The third kappa shape index (κ3) is 4.25. The molecule has 0 unspecified atom stereocenters. The average molecular weight is 330 g/mol. The fourth-order valence-corrected chi connectivity index (χ4v) is 2.06. The van der Waals surface area contributed by atoms with Crippen LogP contribution >= 0.6 is 0 Å². The molecular formula is C18H15FO5. The molecule has 6 heteroatoms. The van der Waals surface area contributed by atoms with Crippen molar-refractivity contribution < 1.29 is 28.1 Å². The summed E-state index contributed by atoms with van der Waals surface area (Å²) in [4.78, 5) is 11.6. The van der Waals surface area contributed by atoms with E-state index in [1.807, 2.05) is 6.07 Å². The van der Waals surface area contributed by atoms with Crippen LogP contribution in [0, 0.1) is 5.82 Å². The van der Waals surface area contributed by atoms with Crippen molar-refractivity contribution in [3.05, 3.63) is 59.9 Å². The molecular weight excluding hydrogens is 315 g/mol. The van der Waals surface area contributed by atoms with Crippen LogP contribution in [-0.4, -0.2) is 26.0 Å². The van der Waals surface area contributed by atoms with E-state index >= 15 is 0 Å². The highest BCUT2D eigenvalue weighted by Crippen LogP contribution is 2.32. The maximum atomic E-state index is 12.7. The van der Waals surface area contributed by atoms with Crippen LogP contribution in [0.15, 0.2) is 48.5 Å². The Morgan fingerprint density at radius 1 is 1.08 bits per heavy atom. The predicted molar refractivity (Wildman–Crippen MR) is 84.5 cm³/mol. The van der Waals surface area contributed by atoms with E-state index in [0.717, 1.165) is 5.56 Å². The lowest BCUT2D eigenvalue weighted by Crippen LogP contribution is -2.10. The fourth-order valence-electron chi connectivity index (χ4n) is 2.06.